The quantitative estimate of drug-likeness (QED) is 0.169. The van der Waals surface area contributed by atoms with Crippen molar-refractivity contribution >= 4 is 33.1 Å². The lowest BCUT2D eigenvalue weighted by Gasteiger charge is -2.26. The van der Waals surface area contributed by atoms with E-state index in [1.807, 2.05) is 0 Å². The Morgan fingerprint density at radius 1 is 0.511 bits per heavy atom. The molecule has 6 aromatic rings. The smallest absolute Gasteiger partial charge is 0.380 e. The minimum atomic E-state index is -5.84. The molecule has 7 rings (SSSR count). The molecule has 47 heavy (non-hydrogen) atoms. The molecule has 0 fully saturated rings. The van der Waals surface area contributed by atoms with E-state index in [2.05, 4.69) is 0 Å². The molecule has 0 bridgehead atoms. The van der Waals surface area contributed by atoms with E-state index in [1.165, 1.54) is 50.6 Å². The molecule has 0 N–H and O–H groups in total. The molecule has 1 aliphatic carbocycles. The maximum atomic E-state index is 16.5. The first kappa shape index (κ1) is 30.5. The molecule has 1 aliphatic rings. The number of furan rings is 2. The van der Waals surface area contributed by atoms with Crippen LogP contribution >= 0.6 is 0 Å². The second kappa shape index (κ2) is 10.4. The van der Waals surface area contributed by atoms with Gasteiger partial charge in [-0.05, 0) is 50.2 Å². The summed E-state index contributed by atoms with van der Waals surface area (Å²) in [6.45, 7) is 3.60. The third-order valence-corrected chi connectivity index (χ3v) is 8.58. The molecule has 0 saturated heterocycles. The van der Waals surface area contributed by atoms with Gasteiger partial charge in [-0.25, -0.2) is 0 Å². The van der Waals surface area contributed by atoms with E-state index in [1.54, 1.807) is 62.4 Å². The van der Waals surface area contributed by atoms with Crippen LogP contribution < -0.4 is 9.47 Å². The van der Waals surface area contributed by atoms with Crippen molar-refractivity contribution in [1.29, 1.82) is 0 Å². The number of methoxy groups -OCH3 is 2. The van der Waals surface area contributed by atoms with Crippen LogP contribution in [0.2, 0.25) is 0 Å². The summed E-state index contributed by atoms with van der Waals surface area (Å²) in [6, 6.07) is 21.3. The number of rotatable bonds is 6. The lowest BCUT2D eigenvalue weighted by molar-refractivity contribution is -0.254. The van der Waals surface area contributed by atoms with Crippen LogP contribution in [-0.2, 0) is 0 Å². The van der Waals surface area contributed by atoms with Crippen LogP contribution in [0.25, 0.3) is 55.7 Å². The van der Waals surface area contributed by atoms with Gasteiger partial charge in [0.05, 0.1) is 14.2 Å². The first-order valence-corrected chi connectivity index (χ1v) is 14.5. The topological polar surface area (TPSA) is 44.7 Å². The molecule has 0 amide bonds. The molecule has 2 heterocycles. The zero-order valence-electron chi connectivity index (χ0n) is 25.5. The third-order valence-electron chi connectivity index (χ3n) is 8.58. The standard InChI is InChI=1S/C37H26F6O4/c1-19-5-9-21(10-6-19)33-29(25-17-23(44-3)13-15-27(25)46-33)31-32(36(40,41)37(42,43)35(31,38)39)30-26-18-24(45-4)14-16-28(26)47-34(30)22-11-7-20(2)8-12-22/h5-18H,1-4H3. The zero-order valence-corrected chi connectivity index (χ0v) is 25.5. The summed E-state index contributed by atoms with van der Waals surface area (Å²) in [5.74, 6) is -16.8. The fourth-order valence-electron chi connectivity index (χ4n) is 6.11. The van der Waals surface area contributed by atoms with Gasteiger partial charge in [0.1, 0.15) is 34.2 Å². The Balaban J connectivity index is 1.70. The van der Waals surface area contributed by atoms with Crippen molar-refractivity contribution in [1.82, 2.24) is 0 Å². The van der Waals surface area contributed by atoms with Crippen molar-refractivity contribution in [3.63, 3.8) is 0 Å². The lowest BCUT2D eigenvalue weighted by atomic mass is 9.89. The second-order valence-corrected chi connectivity index (χ2v) is 11.5. The predicted octanol–water partition coefficient (Wildman–Crippen LogP) is 11.0. The van der Waals surface area contributed by atoms with Crippen molar-refractivity contribution in [3.05, 3.63) is 107 Å². The highest BCUT2D eigenvalue weighted by molar-refractivity contribution is 6.15. The summed E-state index contributed by atoms with van der Waals surface area (Å²) in [6.07, 6.45) is 0. The van der Waals surface area contributed by atoms with Crippen LogP contribution in [0.15, 0.2) is 93.8 Å². The van der Waals surface area contributed by atoms with Crippen LogP contribution in [0.3, 0.4) is 0 Å². The molecule has 4 aromatic carbocycles. The van der Waals surface area contributed by atoms with Crippen molar-refractivity contribution in [3.8, 4) is 34.1 Å². The Hall–Kier alpha value is -5.12. The third kappa shape index (κ3) is 4.37. The van der Waals surface area contributed by atoms with Gasteiger partial charge in [0.15, 0.2) is 0 Å². The normalized spacial score (nSPS) is 16.7. The van der Waals surface area contributed by atoms with E-state index in [0.29, 0.717) is 0 Å². The van der Waals surface area contributed by atoms with E-state index in [4.69, 9.17) is 18.3 Å². The fourth-order valence-corrected chi connectivity index (χ4v) is 6.11. The van der Waals surface area contributed by atoms with Gasteiger partial charge in [-0.15, -0.1) is 0 Å². The molecule has 4 nitrogen and oxygen atoms in total. The first-order chi connectivity index (χ1) is 22.3. The number of hydrogen-bond donors (Lipinski definition) is 0. The summed E-state index contributed by atoms with van der Waals surface area (Å²) >= 11 is 0. The Morgan fingerprint density at radius 3 is 1.21 bits per heavy atom. The molecule has 0 saturated carbocycles. The van der Waals surface area contributed by atoms with E-state index in [9.17, 15) is 0 Å². The summed E-state index contributed by atoms with van der Waals surface area (Å²) in [4.78, 5) is 0. The average molecular weight is 649 g/mol. The molecule has 0 radical (unpaired) electrons. The minimum absolute atomic E-state index is 0.00929. The number of hydrogen-bond acceptors (Lipinski definition) is 4. The predicted molar refractivity (Wildman–Crippen MR) is 168 cm³/mol. The van der Waals surface area contributed by atoms with Gasteiger partial charge in [0.2, 0.25) is 0 Å². The fraction of sp³-hybridized carbons (Fsp3) is 0.189. The van der Waals surface area contributed by atoms with E-state index < -0.39 is 40.0 Å². The maximum Gasteiger partial charge on any atom is 0.380 e. The van der Waals surface area contributed by atoms with Crippen molar-refractivity contribution in [2.24, 2.45) is 0 Å². The Kier molecular flexibility index (Phi) is 6.79. The van der Waals surface area contributed by atoms with Crippen molar-refractivity contribution in [2.75, 3.05) is 14.2 Å². The lowest BCUT2D eigenvalue weighted by Crippen LogP contribution is -2.48. The highest BCUT2D eigenvalue weighted by atomic mass is 19.3. The largest absolute Gasteiger partial charge is 0.497 e. The van der Waals surface area contributed by atoms with Crippen molar-refractivity contribution < 1.29 is 44.7 Å². The number of alkyl halides is 6. The average Bonchev–Trinajstić information content (AvgIpc) is 3.63. The van der Waals surface area contributed by atoms with E-state index in [0.717, 1.165) is 11.1 Å². The molecule has 0 unspecified atom stereocenters. The molecule has 0 atom stereocenters. The highest BCUT2D eigenvalue weighted by Gasteiger charge is 2.81. The first-order valence-electron chi connectivity index (χ1n) is 14.5. The Bertz CT molecular complexity index is 2050. The van der Waals surface area contributed by atoms with Crippen LogP contribution in [0.4, 0.5) is 26.3 Å². The number of aryl methyl sites for hydroxylation is 2. The molecule has 2 aromatic heterocycles. The van der Waals surface area contributed by atoms with Gasteiger partial charge in [-0.2, -0.15) is 26.3 Å². The second-order valence-electron chi connectivity index (χ2n) is 11.5. The summed E-state index contributed by atoms with van der Waals surface area (Å²) < 4.78 is 120. The van der Waals surface area contributed by atoms with Gasteiger partial charge < -0.3 is 18.3 Å². The highest BCUT2D eigenvalue weighted by Crippen LogP contribution is 2.67. The summed E-state index contributed by atoms with van der Waals surface area (Å²) in [5.41, 5.74) is -2.26. The zero-order chi connectivity index (χ0) is 33.5. The molecule has 0 spiro atoms. The Labute approximate surface area is 264 Å². The number of ether oxygens (including phenoxy) is 2. The van der Waals surface area contributed by atoms with Gasteiger partial charge in [0.25, 0.3) is 0 Å². The molecular weight excluding hydrogens is 622 g/mol. The Morgan fingerprint density at radius 2 is 0.872 bits per heavy atom. The molecule has 0 aliphatic heterocycles. The van der Waals surface area contributed by atoms with Gasteiger partial charge >= 0.3 is 17.8 Å². The van der Waals surface area contributed by atoms with E-state index in [-0.39, 0.29) is 56.1 Å². The van der Waals surface area contributed by atoms with Crippen LogP contribution in [0.5, 0.6) is 11.5 Å². The van der Waals surface area contributed by atoms with Gasteiger partial charge in [-0.3, -0.25) is 0 Å². The van der Waals surface area contributed by atoms with Crippen molar-refractivity contribution in [2.45, 2.75) is 31.6 Å². The van der Waals surface area contributed by atoms with Crippen LogP contribution in [0, 0.1) is 13.8 Å². The SMILES string of the molecule is COc1ccc2oc(-c3ccc(C)cc3)c(C3=C(c4c(-c5ccc(C)cc5)oc5ccc(OC)cc45)C(F)(F)C(F)(F)C3(F)F)c2c1. The van der Waals surface area contributed by atoms with E-state index >= 15 is 26.3 Å². The number of halogens is 6. The van der Waals surface area contributed by atoms with Crippen LogP contribution in [-0.4, -0.2) is 32.0 Å². The number of allylic oxidation sites excluding steroid dienone is 2. The monoisotopic (exact) mass is 648 g/mol. The van der Waals surface area contributed by atoms with Crippen LogP contribution in [0.1, 0.15) is 22.3 Å². The number of benzene rings is 4. The minimum Gasteiger partial charge on any atom is -0.497 e. The maximum absolute atomic E-state index is 16.5. The van der Waals surface area contributed by atoms with Gasteiger partial charge in [0, 0.05) is 44.2 Å². The molecular formula is C37H26F6O4. The van der Waals surface area contributed by atoms with Gasteiger partial charge in [-0.1, -0.05) is 59.7 Å². The summed E-state index contributed by atoms with van der Waals surface area (Å²) in [5, 5.41) is -0.217. The number of fused-ring (bicyclic) bond motifs is 2. The molecule has 240 valence electrons. The summed E-state index contributed by atoms with van der Waals surface area (Å²) in [7, 11) is 2.66. The molecule has 10 heteroatoms.